The molecule has 1 saturated carbocycles. The van der Waals surface area contributed by atoms with Crippen LogP contribution in [0.15, 0.2) is 35.9 Å². The molecule has 0 unspecified atom stereocenters. The zero-order valence-electron chi connectivity index (χ0n) is 14.6. The SMILES string of the molecule is O=C(COc1ccc(NC(=O)C2CC2)cc1)NCCC1=CCCCC1. The van der Waals surface area contributed by atoms with Crippen LogP contribution in [-0.2, 0) is 9.59 Å². The number of amides is 2. The second-order valence-electron chi connectivity index (χ2n) is 6.78. The van der Waals surface area contributed by atoms with Crippen LogP contribution in [0.3, 0.4) is 0 Å². The fraction of sp³-hybridized carbons (Fsp3) is 0.500. The number of benzene rings is 1. The minimum absolute atomic E-state index is 0.00677. The van der Waals surface area contributed by atoms with Crippen molar-refractivity contribution in [2.24, 2.45) is 5.92 Å². The number of anilines is 1. The van der Waals surface area contributed by atoms with Crippen molar-refractivity contribution < 1.29 is 14.3 Å². The number of carbonyl (C=O) groups is 2. The molecule has 0 heterocycles. The molecular weight excluding hydrogens is 316 g/mol. The Balaban J connectivity index is 1.33. The molecule has 2 aliphatic carbocycles. The van der Waals surface area contributed by atoms with Crippen molar-refractivity contribution in [2.75, 3.05) is 18.5 Å². The van der Waals surface area contributed by atoms with Crippen LogP contribution >= 0.6 is 0 Å². The Kier molecular flexibility index (Phi) is 6.09. The van der Waals surface area contributed by atoms with Gasteiger partial charge in [-0.05, 0) is 69.2 Å². The molecule has 2 aliphatic rings. The smallest absolute Gasteiger partial charge is 0.257 e. The van der Waals surface area contributed by atoms with Crippen molar-refractivity contribution in [3.8, 4) is 5.75 Å². The summed E-state index contributed by atoms with van der Waals surface area (Å²) in [7, 11) is 0. The third-order valence-corrected chi connectivity index (χ3v) is 4.59. The van der Waals surface area contributed by atoms with Crippen molar-refractivity contribution in [3.05, 3.63) is 35.9 Å². The van der Waals surface area contributed by atoms with Gasteiger partial charge in [0.25, 0.3) is 5.91 Å². The third kappa shape index (κ3) is 5.93. The Morgan fingerprint density at radius 2 is 1.92 bits per heavy atom. The summed E-state index contributed by atoms with van der Waals surface area (Å²) in [6.07, 6.45) is 10.1. The fourth-order valence-corrected chi connectivity index (χ4v) is 2.92. The molecule has 0 radical (unpaired) electrons. The van der Waals surface area contributed by atoms with Crippen molar-refractivity contribution in [3.63, 3.8) is 0 Å². The van der Waals surface area contributed by atoms with E-state index in [9.17, 15) is 9.59 Å². The van der Waals surface area contributed by atoms with Crippen molar-refractivity contribution >= 4 is 17.5 Å². The second-order valence-corrected chi connectivity index (χ2v) is 6.78. The van der Waals surface area contributed by atoms with Crippen LogP contribution in [0.4, 0.5) is 5.69 Å². The van der Waals surface area contributed by atoms with Crippen LogP contribution in [0.2, 0.25) is 0 Å². The van der Waals surface area contributed by atoms with Gasteiger partial charge < -0.3 is 15.4 Å². The van der Waals surface area contributed by atoms with Crippen LogP contribution in [-0.4, -0.2) is 25.0 Å². The quantitative estimate of drug-likeness (QED) is 0.711. The summed E-state index contributed by atoms with van der Waals surface area (Å²) < 4.78 is 5.49. The van der Waals surface area contributed by atoms with Crippen LogP contribution in [0.1, 0.15) is 44.9 Å². The Bertz CT molecular complexity index is 633. The summed E-state index contributed by atoms with van der Waals surface area (Å²) in [6.45, 7) is 0.674. The van der Waals surface area contributed by atoms with Crippen LogP contribution in [0, 0.1) is 5.92 Å². The van der Waals surface area contributed by atoms with E-state index in [2.05, 4.69) is 16.7 Å². The highest BCUT2D eigenvalue weighted by Crippen LogP contribution is 2.30. The van der Waals surface area contributed by atoms with E-state index < -0.39 is 0 Å². The van der Waals surface area contributed by atoms with E-state index in [0.717, 1.165) is 31.4 Å². The standard InChI is InChI=1S/C20H26N2O3/c23-19(21-13-12-15-4-2-1-3-5-15)14-25-18-10-8-17(9-11-18)22-20(24)16-6-7-16/h4,8-11,16H,1-3,5-7,12-14H2,(H,21,23)(H,22,24). The van der Waals surface area contributed by atoms with E-state index in [1.165, 1.54) is 24.8 Å². The van der Waals surface area contributed by atoms with Gasteiger partial charge in [-0.25, -0.2) is 0 Å². The number of allylic oxidation sites excluding steroid dienone is 1. The van der Waals surface area contributed by atoms with E-state index in [0.29, 0.717) is 12.3 Å². The summed E-state index contributed by atoms with van der Waals surface area (Å²) in [5.74, 6) is 0.780. The summed E-state index contributed by atoms with van der Waals surface area (Å²) in [4.78, 5) is 23.5. The highest BCUT2D eigenvalue weighted by atomic mass is 16.5. The number of ether oxygens (including phenoxy) is 1. The average molecular weight is 342 g/mol. The zero-order chi connectivity index (χ0) is 17.5. The lowest BCUT2D eigenvalue weighted by molar-refractivity contribution is -0.123. The van der Waals surface area contributed by atoms with Gasteiger partial charge in [-0.1, -0.05) is 11.6 Å². The van der Waals surface area contributed by atoms with Gasteiger partial charge in [0.15, 0.2) is 6.61 Å². The first kappa shape index (κ1) is 17.5. The first-order valence-electron chi connectivity index (χ1n) is 9.19. The maximum absolute atomic E-state index is 11.8. The maximum Gasteiger partial charge on any atom is 0.257 e. The van der Waals surface area contributed by atoms with Gasteiger partial charge in [0.2, 0.25) is 5.91 Å². The Hall–Kier alpha value is -2.30. The maximum atomic E-state index is 11.8. The van der Waals surface area contributed by atoms with Gasteiger partial charge in [-0.3, -0.25) is 9.59 Å². The fourth-order valence-electron chi connectivity index (χ4n) is 2.92. The monoisotopic (exact) mass is 342 g/mol. The number of hydrogen-bond donors (Lipinski definition) is 2. The van der Waals surface area contributed by atoms with Crippen molar-refractivity contribution in [1.82, 2.24) is 5.32 Å². The van der Waals surface area contributed by atoms with Crippen molar-refractivity contribution in [1.29, 1.82) is 0 Å². The van der Waals surface area contributed by atoms with Gasteiger partial charge in [0, 0.05) is 18.2 Å². The van der Waals surface area contributed by atoms with Crippen LogP contribution in [0.5, 0.6) is 5.75 Å². The van der Waals surface area contributed by atoms with Gasteiger partial charge in [-0.2, -0.15) is 0 Å². The van der Waals surface area contributed by atoms with E-state index >= 15 is 0 Å². The molecule has 1 aromatic carbocycles. The number of hydrogen-bond acceptors (Lipinski definition) is 3. The third-order valence-electron chi connectivity index (χ3n) is 4.59. The second kappa shape index (κ2) is 8.70. The van der Waals surface area contributed by atoms with E-state index in [-0.39, 0.29) is 24.3 Å². The molecule has 134 valence electrons. The van der Waals surface area contributed by atoms with Gasteiger partial charge in [0.05, 0.1) is 0 Å². The predicted molar refractivity (Wildman–Crippen MR) is 97.5 cm³/mol. The molecular formula is C20H26N2O3. The largest absolute Gasteiger partial charge is 0.484 e. The average Bonchev–Trinajstić information content (AvgIpc) is 3.47. The van der Waals surface area contributed by atoms with Gasteiger partial charge in [-0.15, -0.1) is 0 Å². The molecule has 5 nitrogen and oxygen atoms in total. The molecule has 2 N–H and O–H groups in total. The molecule has 0 aromatic heterocycles. The molecule has 1 fully saturated rings. The molecule has 0 aliphatic heterocycles. The highest BCUT2D eigenvalue weighted by Gasteiger charge is 2.29. The number of rotatable bonds is 8. The summed E-state index contributed by atoms with van der Waals surface area (Å²) in [5, 5.41) is 5.77. The lowest BCUT2D eigenvalue weighted by Gasteiger charge is -2.13. The molecule has 0 saturated heterocycles. The minimum atomic E-state index is -0.109. The normalized spacial score (nSPS) is 16.7. The zero-order valence-corrected chi connectivity index (χ0v) is 14.6. The summed E-state index contributed by atoms with van der Waals surface area (Å²) in [5.41, 5.74) is 2.21. The molecule has 0 atom stereocenters. The molecule has 5 heteroatoms. The first-order valence-corrected chi connectivity index (χ1v) is 9.19. The Morgan fingerprint density at radius 3 is 2.60 bits per heavy atom. The van der Waals surface area contributed by atoms with Gasteiger partial charge in [0.1, 0.15) is 5.75 Å². The molecule has 2 amide bonds. The Morgan fingerprint density at radius 1 is 1.12 bits per heavy atom. The molecule has 0 bridgehead atoms. The highest BCUT2D eigenvalue weighted by molar-refractivity contribution is 5.94. The van der Waals surface area contributed by atoms with E-state index in [4.69, 9.17) is 4.74 Å². The molecule has 25 heavy (non-hydrogen) atoms. The van der Waals surface area contributed by atoms with Gasteiger partial charge >= 0.3 is 0 Å². The number of carbonyl (C=O) groups excluding carboxylic acids is 2. The number of nitrogens with one attached hydrogen (secondary N) is 2. The van der Waals surface area contributed by atoms with E-state index in [1.54, 1.807) is 24.3 Å². The van der Waals surface area contributed by atoms with Crippen LogP contribution < -0.4 is 15.4 Å². The minimum Gasteiger partial charge on any atom is -0.484 e. The molecule has 0 spiro atoms. The summed E-state index contributed by atoms with van der Waals surface area (Å²) >= 11 is 0. The lowest BCUT2D eigenvalue weighted by Crippen LogP contribution is -2.30. The molecule has 1 aromatic rings. The van der Waals surface area contributed by atoms with Crippen molar-refractivity contribution in [2.45, 2.75) is 44.9 Å². The van der Waals surface area contributed by atoms with Crippen LogP contribution in [0.25, 0.3) is 0 Å². The van der Waals surface area contributed by atoms with E-state index in [1.807, 2.05) is 0 Å². The first-order chi connectivity index (χ1) is 12.2. The Labute approximate surface area is 148 Å². The molecule has 3 rings (SSSR count). The summed E-state index contributed by atoms with van der Waals surface area (Å²) in [6, 6.07) is 7.12. The topological polar surface area (TPSA) is 67.4 Å². The lowest BCUT2D eigenvalue weighted by atomic mass is 9.97. The predicted octanol–water partition coefficient (Wildman–Crippen LogP) is 3.42.